The number of nitrogens with one attached hydrogen (secondary N) is 1. The molecule has 0 bridgehead atoms. The smallest absolute Gasteiger partial charge is 0.262 e. The summed E-state index contributed by atoms with van der Waals surface area (Å²) >= 11 is 11.8. The summed E-state index contributed by atoms with van der Waals surface area (Å²) < 4.78 is 15.2. The van der Waals surface area contributed by atoms with Crippen LogP contribution in [0.4, 0.5) is 10.3 Å². The van der Waals surface area contributed by atoms with Crippen molar-refractivity contribution in [2.45, 2.75) is 20.4 Å². The van der Waals surface area contributed by atoms with Gasteiger partial charge in [0.05, 0.1) is 26.7 Å². The van der Waals surface area contributed by atoms with Gasteiger partial charge >= 0.3 is 0 Å². The summed E-state index contributed by atoms with van der Waals surface area (Å²) in [5, 5.41) is 4.95. The average Bonchev–Trinajstić information content (AvgIpc) is 2.63. The summed E-state index contributed by atoms with van der Waals surface area (Å²) in [7, 11) is 0. The summed E-state index contributed by atoms with van der Waals surface area (Å²) in [6.45, 7) is 3.92. The number of fused-ring (bicyclic) bond motifs is 1. The van der Waals surface area contributed by atoms with Gasteiger partial charge in [0, 0.05) is 12.1 Å². The van der Waals surface area contributed by atoms with Crippen molar-refractivity contribution >= 4 is 45.8 Å². The van der Waals surface area contributed by atoms with Crippen molar-refractivity contribution in [3.63, 3.8) is 0 Å². The van der Waals surface area contributed by atoms with Gasteiger partial charge in [0.1, 0.15) is 5.82 Å². The number of hydrogen-bond donors (Lipinski definition) is 1. The first-order valence-corrected chi connectivity index (χ1v) is 8.62. The predicted octanol–water partition coefficient (Wildman–Crippen LogP) is 4.70. The van der Waals surface area contributed by atoms with Crippen molar-refractivity contribution < 1.29 is 4.39 Å². The zero-order valence-electron chi connectivity index (χ0n) is 14.1. The topological polar surface area (TPSA) is 59.3 Å². The highest BCUT2D eigenvalue weighted by Gasteiger charge is 2.12. The van der Waals surface area contributed by atoms with E-state index in [4.69, 9.17) is 23.2 Å². The fraction of sp³-hybridized carbons (Fsp3) is 0.167. The van der Waals surface area contributed by atoms with E-state index in [-0.39, 0.29) is 15.6 Å². The maximum atomic E-state index is 13.7. The molecular weight excluding hydrogens is 378 g/mol. The van der Waals surface area contributed by atoms with Gasteiger partial charge in [0.15, 0.2) is 0 Å². The molecule has 134 valence electrons. The Labute approximate surface area is 159 Å². The number of benzene rings is 2. The second kappa shape index (κ2) is 7.43. The van der Waals surface area contributed by atoms with Crippen molar-refractivity contribution in [2.75, 3.05) is 5.43 Å². The van der Waals surface area contributed by atoms with Gasteiger partial charge < -0.3 is 0 Å². The van der Waals surface area contributed by atoms with E-state index in [1.165, 1.54) is 16.7 Å². The molecule has 8 heteroatoms. The van der Waals surface area contributed by atoms with E-state index < -0.39 is 5.82 Å². The average molecular weight is 393 g/mol. The number of halogens is 3. The van der Waals surface area contributed by atoms with E-state index in [2.05, 4.69) is 15.5 Å². The molecule has 1 aromatic heterocycles. The molecule has 0 aliphatic heterocycles. The first kappa shape index (κ1) is 18.4. The number of anilines is 1. The van der Waals surface area contributed by atoms with Gasteiger partial charge in [-0.2, -0.15) is 5.10 Å². The van der Waals surface area contributed by atoms with Crippen LogP contribution in [0.25, 0.3) is 10.9 Å². The van der Waals surface area contributed by atoms with Gasteiger partial charge in [0.2, 0.25) is 5.95 Å². The molecular formula is C18H15Cl2FN4O. The van der Waals surface area contributed by atoms with E-state index in [1.807, 2.05) is 6.92 Å². The molecule has 0 saturated carbocycles. The van der Waals surface area contributed by atoms with Crippen molar-refractivity contribution in [2.24, 2.45) is 5.10 Å². The van der Waals surface area contributed by atoms with Crippen molar-refractivity contribution in [3.8, 4) is 0 Å². The Morgan fingerprint density at radius 2 is 2.00 bits per heavy atom. The molecule has 0 aliphatic rings. The summed E-state index contributed by atoms with van der Waals surface area (Å²) in [6, 6.07) is 9.61. The highest BCUT2D eigenvalue weighted by atomic mass is 35.5. The third-order valence-electron chi connectivity index (χ3n) is 3.90. The Bertz CT molecular complexity index is 1080. The lowest BCUT2D eigenvalue weighted by molar-refractivity contribution is 0.628. The number of para-hydroxylation sites is 1. The molecule has 3 rings (SSSR count). The number of hydrogen-bond acceptors (Lipinski definition) is 4. The third kappa shape index (κ3) is 3.43. The zero-order valence-corrected chi connectivity index (χ0v) is 15.6. The molecule has 0 aliphatic carbocycles. The minimum absolute atomic E-state index is 0.0597. The van der Waals surface area contributed by atoms with Crippen LogP contribution in [-0.4, -0.2) is 15.3 Å². The van der Waals surface area contributed by atoms with Gasteiger partial charge in [0.25, 0.3) is 5.56 Å². The lowest BCUT2D eigenvalue weighted by Gasteiger charge is -2.11. The molecule has 0 spiro atoms. The van der Waals surface area contributed by atoms with Crippen molar-refractivity contribution in [1.82, 2.24) is 9.55 Å². The van der Waals surface area contributed by atoms with Gasteiger partial charge in [-0.05, 0) is 38.1 Å². The maximum Gasteiger partial charge on any atom is 0.262 e. The summed E-state index contributed by atoms with van der Waals surface area (Å²) in [6.07, 6.45) is 0. The maximum absolute atomic E-state index is 13.7. The second-order valence-electron chi connectivity index (χ2n) is 5.56. The number of nitrogens with zero attached hydrogens (tertiary/aromatic N) is 3. The van der Waals surface area contributed by atoms with Crippen LogP contribution in [0.2, 0.25) is 10.0 Å². The highest BCUT2D eigenvalue weighted by molar-refractivity contribution is 6.37. The number of rotatable bonds is 4. The van der Waals surface area contributed by atoms with Crippen LogP contribution in [0.3, 0.4) is 0 Å². The summed E-state index contributed by atoms with van der Waals surface area (Å²) in [5.74, 6) is -0.295. The summed E-state index contributed by atoms with van der Waals surface area (Å²) in [5.41, 5.74) is 4.00. The fourth-order valence-corrected chi connectivity index (χ4v) is 3.06. The molecule has 2 aromatic carbocycles. The fourth-order valence-electron chi connectivity index (χ4n) is 2.54. The molecule has 0 atom stereocenters. The monoisotopic (exact) mass is 392 g/mol. The minimum Gasteiger partial charge on any atom is -0.277 e. The van der Waals surface area contributed by atoms with Crippen LogP contribution in [0, 0.1) is 5.82 Å². The molecule has 26 heavy (non-hydrogen) atoms. The normalized spacial score (nSPS) is 11.8. The standard InChI is InChI=1S/C18H15Cl2FN4O/c1-3-25-17(26)11-6-4-5-7-16(11)22-18(25)24-23-10(2)12-8-15(21)14(20)9-13(12)19/h4-9H,3H2,1-2H3,(H,22,24)/b23-10-. The predicted molar refractivity (Wildman–Crippen MR) is 104 cm³/mol. The minimum atomic E-state index is -0.588. The Morgan fingerprint density at radius 3 is 2.73 bits per heavy atom. The largest absolute Gasteiger partial charge is 0.277 e. The van der Waals surface area contributed by atoms with Crippen LogP contribution in [0.1, 0.15) is 19.4 Å². The van der Waals surface area contributed by atoms with Crippen LogP contribution in [0.5, 0.6) is 0 Å². The van der Waals surface area contributed by atoms with E-state index in [1.54, 1.807) is 31.2 Å². The first-order valence-electron chi connectivity index (χ1n) is 7.87. The molecule has 0 radical (unpaired) electrons. The van der Waals surface area contributed by atoms with Crippen LogP contribution in [0.15, 0.2) is 46.3 Å². The van der Waals surface area contributed by atoms with Crippen molar-refractivity contribution in [3.05, 3.63) is 68.2 Å². The Morgan fingerprint density at radius 1 is 1.27 bits per heavy atom. The van der Waals surface area contributed by atoms with E-state index in [0.717, 1.165) is 0 Å². The van der Waals surface area contributed by atoms with E-state index >= 15 is 0 Å². The number of aromatic nitrogens is 2. The molecule has 3 aromatic rings. The second-order valence-corrected chi connectivity index (χ2v) is 6.37. The Hall–Kier alpha value is -2.44. The van der Waals surface area contributed by atoms with E-state index in [0.29, 0.717) is 34.7 Å². The Kier molecular flexibility index (Phi) is 5.25. The highest BCUT2D eigenvalue weighted by Crippen LogP contribution is 2.25. The lowest BCUT2D eigenvalue weighted by atomic mass is 10.1. The Balaban J connectivity index is 2.02. The summed E-state index contributed by atoms with van der Waals surface area (Å²) in [4.78, 5) is 17.0. The molecule has 1 N–H and O–H groups in total. The van der Waals surface area contributed by atoms with Gasteiger partial charge in [-0.15, -0.1) is 0 Å². The van der Waals surface area contributed by atoms with Crippen molar-refractivity contribution in [1.29, 1.82) is 0 Å². The molecule has 1 heterocycles. The third-order valence-corrected chi connectivity index (χ3v) is 4.50. The first-order chi connectivity index (χ1) is 12.4. The van der Waals surface area contributed by atoms with Crippen LogP contribution < -0.4 is 11.0 Å². The zero-order chi connectivity index (χ0) is 18.8. The number of hydrazone groups is 1. The van der Waals surface area contributed by atoms with Gasteiger partial charge in [-0.25, -0.2) is 14.8 Å². The quantitative estimate of drug-likeness (QED) is 0.397. The molecule has 0 unspecified atom stereocenters. The molecule has 0 amide bonds. The molecule has 5 nitrogen and oxygen atoms in total. The SMILES string of the molecule is CCn1c(N/N=C(/C)c2cc(F)c(Cl)cc2Cl)nc2ccccc2c1=O. The van der Waals surface area contributed by atoms with E-state index in [9.17, 15) is 9.18 Å². The van der Waals surface area contributed by atoms with Crippen LogP contribution in [-0.2, 0) is 6.54 Å². The molecule has 0 saturated heterocycles. The van der Waals surface area contributed by atoms with Crippen LogP contribution >= 0.6 is 23.2 Å². The van der Waals surface area contributed by atoms with Gasteiger partial charge in [-0.1, -0.05) is 35.3 Å². The van der Waals surface area contributed by atoms with Gasteiger partial charge in [-0.3, -0.25) is 9.36 Å². The molecule has 0 fully saturated rings. The lowest BCUT2D eigenvalue weighted by Crippen LogP contribution is -2.23.